The monoisotopic (exact) mass is 418 g/mol. The second kappa shape index (κ2) is 8.64. The fraction of sp³-hybridized carbons (Fsp3) is 0.400. The lowest BCUT2D eigenvalue weighted by atomic mass is 10.1. The Morgan fingerprint density at radius 1 is 1.03 bits per heavy atom. The highest BCUT2D eigenvalue weighted by Crippen LogP contribution is 2.30. The molecule has 0 saturated carbocycles. The maximum absolute atomic E-state index is 12.4. The standard InChI is InChI=1S/C20H22N2O8/c1-25-12-6-11(7-13(8-12)26-2)21-20(24)30-16-10-29-17-14(9-28-18(16)17)22-19(23)15-4-3-5-27-15/h3-8,14,16-18H,9-10H2,1-2H3,(H,21,24)(H,22,23)/t14-,16+,17+,18+/m0/s1. The van der Waals surface area contributed by atoms with Crippen molar-refractivity contribution in [3.63, 3.8) is 0 Å². The Balaban J connectivity index is 1.33. The Bertz CT molecular complexity index is 878. The molecule has 3 heterocycles. The number of carbonyl (C=O) groups is 2. The maximum atomic E-state index is 12.4. The molecule has 2 aliphatic rings. The summed E-state index contributed by atoms with van der Waals surface area (Å²) in [6, 6.07) is 7.81. The zero-order valence-electron chi connectivity index (χ0n) is 16.5. The van der Waals surface area contributed by atoms with Crippen molar-refractivity contribution in [3.8, 4) is 11.5 Å². The molecule has 30 heavy (non-hydrogen) atoms. The van der Waals surface area contributed by atoms with Crippen LogP contribution in [0.4, 0.5) is 10.5 Å². The zero-order valence-corrected chi connectivity index (χ0v) is 16.5. The van der Waals surface area contributed by atoms with E-state index in [9.17, 15) is 9.59 Å². The molecular weight excluding hydrogens is 396 g/mol. The number of rotatable bonds is 6. The number of hydrogen-bond donors (Lipinski definition) is 2. The Morgan fingerprint density at radius 2 is 1.77 bits per heavy atom. The lowest BCUT2D eigenvalue weighted by molar-refractivity contribution is 0.00860. The molecule has 0 bridgehead atoms. The van der Waals surface area contributed by atoms with Gasteiger partial charge in [-0.3, -0.25) is 10.1 Å². The molecule has 1 aromatic carbocycles. The van der Waals surface area contributed by atoms with Gasteiger partial charge in [-0.15, -0.1) is 0 Å². The minimum Gasteiger partial charge on any atom is -0.497 e. The van der Waals surface area contributed by atoms with Gasteiger partial charge in [0.1, 0.15) is 23.7 Å². The summed E-state index contributed by atoms with van der Waals surface area (Å²) < 4.78 is 32.4. The number of nitrogens with one attached hydrogen (secondary N) is 2. The van der Waals surface area contributed by atoms with Crippen LogP contribution >= 0.6 is 0 Å². The minimum absolute atomic E-state index is 0.164. The van der Waals surface area contributed by atoms with Crippen LogP contribution < -0.4 is 20.1 Å². The van der Waals surface area contributed by atoms with E-state index in [1.165, 1.54) is 20.5 Å². The van der Waals surface area contributed by atoms with E-state index in [-0.39, 0.29) is 30.9 Å². The highest BCUT2D eigenvalue weighted by atomic mass is 16.6. The topological polar surface area (TPSA) is 117 Å². The van der Waals surface area contributed by atoms with Gasteiger partial charge in [0.2, 0.25) is 0 Å². The Kier molecular flexibility index (Phi) is 5.77. The quantitative estimate of drug-likeness (QED) is 0.729. The summed E-state index contributed by atoms with van der Waals surface area (Å²) in [5, 5.41) is 5.47. The third kappa shape index (κ3) is 4.19. The number of benzene rings is 1. The smallest absolute Gasteiger partial charge is 0.412 e. The number of methoxy groups -OCH3 is 2. The van der Waals surface area contributed by atoms with Gasteiger partial charge in [0.15, 0.2) is 11.9 Å². The van der Waals surface area contributed by atoms with Crippen molar-refractivity contribution in [1.29, 1.82) is 0 Å². The van der Waals surface area contributed by atoms with Gasteiger partial charge in [-0.25, -0.2) is 4.79 Å². The number of ether oxygens (including phenoxy) is 5. The first-order valence-electron chi connectivity index (χ1n) is 9.35. The Labute approximate surface area is 172 Å². The SMILES string of the molecule is COc1cc(NC(=O)O[C@@H]2CO[C@H]3[C@@H]2OC[C@@H]3NC(=O)c2ccco2)cc(OC)c1. The van der Waals surface area contributed by atoms with Crippen LogP contribution in [0.15, 0.2) is 41.0 Å². The van der Waals surface area contributed by atoms with E-state index in [2.05, 4.69) is 10.6 Å². The summed E-state index contributed by atoms with van der Waals surface area (Å²) in [6.07, 6.45) is -0.731. The van der Waals surface area contributed by atoms with Gasteiger partial charge in [-0.1, -0.05) is 0 Å². The van der Waals surface area contributed by atoms with Gasteiger partial charge in [0.05, 0.1) is 45.4 Å². The van der Waals surface area contributed by atoms with E-state index in [4.69, 9.17) is 28.1 Å². The van der Waals surface area contributed by atoms with Gasteiger partial charge in [0.25, 0.3) is 5.91 Å². The molecule has 2 amide bonds. The summed E-state index contributed by atoms with van der Waals surface area (Å²) in [6.45, 7) is 0.410. The molecule has 2 saturated heterocycles. The van der Waals surface area contributed by atoms with Crippen molar-refractivity contribution >= 4 is 17.7 Å². The molecule has 0 spiro atoms. The van der Waals surface area contributed by atoms with E-state index < -0.39 is 24.4 Å². The van der Waals surface area contributed by atoms with Crippen LogP contribution in [0, 0.1) is 0 Å². The first-order chi connectivity index (χ1) is 14.6. The maximum Gasteiger partial charge on any atom is 0.412 e. The van der Waals surface area contributed by atoms with Crippen LogP contribution in [0.3, 0.4) is 0 Å². The number of hydrogen-bond acceptors (Lipinski definition) is 8. The second-order valence-electron chi connectivity index (χ2n) is 6.82. The largest absolute Gasteiger partial charge is 0.497 e. The van der Waals surface area contributed by atoms with Crippen molar-refractivity contribution in [2.75, 3.05) is 32.8 Å². The fourth-order valence-electron chi connectivity index (χ4n) is 3.50. The third-order valence-electron chi connectivity index (χ3n) is 4.93. The van der Waals surface area contributed by atoms with Gasteiger partial charge >= 0.3 is 6.09 Å². The molecule has 10 heteroatoms. The first kappa shape index (κ1) is 20.0. The Morgan fingerprint density at radius 3 is 2.43 bits per heavy atom. The number of anilines is 1. The summed E-state index contributed by atoms with van der Waals surface area (Å²) >= 11 is 0. The van der Waals surface area contributed by atoms with Crippen molar-refractivity contribution < 1.29 is 37.7 Å². The minimum atomic E-state index is -0.661. The summed E-state index contributed by atoms with van der Waals surface area (Å²) in [4.78, 5) is 24.5. The molecule has 2 fully saturated rings. The highest BCUT2D eigenvalue weighted by Gasteiger charge is 2.50. The van der Waals surface area contributed by atoms with Crippen molar-refractivity contribution in [1.82, 2.24) is 5.32 Å². The molecule has 2 N–H and O–H groups in total. The summed E-state index contributed by atoms with van der Waals surface area (Å²) in [5.41, 5.74) is 0.461. The molecule has 2 aliphatic heterocycles. The van der Waals surface area contributed by atoms with Gasteiger partial charge in [-0.2, -0.15) is 0 Å². The molecule has 0 aliphatic carbocycles. The number of amides is 2. The van der Waals surface area contributed by atoms with Gasteiger partial charge in [0, 0.05) is 18.2 Å². The van der Waals surface area contributed by atoms with Crippen molar-refractivity contribution in [2.24, 2.45) is 0 Å². The van der Waals surface area contributed by atoms with Crippen molar-refractivity contribution in [3.05, 3.63) is 42.4 Å². The average Bonchev–Trinajstić information content (AvgIpc) is 3.48. The molecule has 0 unspecified atom stereocenters. The van der Waals surface area contributed by atoms with Crippen LogP contribution in [0.5, 0.6) is 11.5 Å². The molecule has 10 nitrogen and oxygen atoms in total. The van der Waals surface area contributed by atoms with E-state index >= 15 is 0 Å². The van der Waals surface area contributed by atoms with E-state index in [0.717, 1.165) is 0 Å². The Hall–Kier alpha value is -3.24. The average molecular weight is 418 g/mol. The van der Waals surface area contributed by atoms with E-state index in [0.29, 0.717) is 17.2 Å². The molecule has 4 rings (SSSR count). The first-order valence-corrected chi connectivity index (χ1v) is 9.35. The number of carbonyl (C=O) groups excluding carboxylic acids is 2. The van der Waals surface area contributed by atoms with Crippen molar-refractivity contribution in [2.45, 2.75) is 24.4 Å². The van der Waals surface area contributed by atoms with Gasteiger partial charge < -0.3 is 33.4 Å². The highest BCUT2D eigenvalue weighted by molar-refractivity contribution is 5.91. The van der Waals surface area contributed by atoms with Crippen LogP contribution in [-0.2, 0) is 14.2 Å². The van der Waals surface area contributed by atoms with E-state index in [1.807, 2.05) is 0 Å². The fourth-order valence-corrected chi connectivity index (χ4v) is 3.50. The lowest BCUT2D eigenvalue weighted by Crippen LogP contribution is -2.44. The number of furan rings is 1. The molecule has 160 valence electrons. The van der Waals surface area contributed by atoms with Crippen LogP contribution in [0.25, 0.3) is 0 Å². The predicted molar refractivity (Wildman–Crippen MR) is 103 cm³/mol. The normalized spacial score (nSPS) is 24.7. The summed E-state index contributed by atoms with van der Waals surface area (Å²) in [7, 11) is 3.04. The molecule has 0 radical (unpaired) electrons. The molecule has 4 atom stereocenters. The molecule has 2 aromatic rings. The lowest BCUT2D eigenvalue weighted by Gasteiger charge is -2.18. The predicted octanol–water partition coefficient (Wildman–Crippen LogP) is 1.81. The van der Waals surface area contributed by atoms with Crippen LogP contribution in [0.2, 0.25) is 0 Å². The third-order valence-corrected chi connectivity index (χ3v) is 4.93. The van der Waals surface area contributed by atoms with Crippen LogP contribution in [-0.4, -0.2) is 63.8 Å². The second-order valence-corrected chi connectivity index (χ2v) is 6.82. The number of fused-ring (bicyclic) bond motifs is 1. The van der Waals surface area contributed by atoms with Gasteiger partial charge in [-0.05, 0) is 12.1 Å². The van der Waals surface area contributed by atoms with Crippen LogP contribution in [0.1, 0.15) is 10.6 Å². The molecule has 1 aromatic heterocycles. The zero-order chi connectivity index (χ0) is 21.1. The summed E-state index contributed by atoms with van der Waals surface area (Å²) in [5.74, 6) is 0.913. The van der Waals surface area contributed by atoms with E-state index in [1.54, 1.807) is 30.3 Å². The molecular formula is C20H22N2O8.